The van der Waals surface area contributed by atoms with Crippen molar-refractivity contribution in [3.8, 4) is 0 Å². The third-order valence-electron chi connectivity index (χ3n) is 4.58. The van der Waals surface area contributed by atoms with E-state index >= 15 is 0 Å². The number of rotatable bonds is 2. The van der Waals surface area contributed by atoms with E-state index in [1.807, 2.05) is 6.92 Å². The van der Waals surface area contributed by atoms with E-state index in [4.69, 9.17) is 0 Å². The Kier molecular flexibility index (Phi) is 3.54. The molecule has 1 N–H and O–H groups in total. The number of hydrogen-bond acceptors (Lipinski definition) is 2. The zero-order valence-electron chi connectivity index (χ0n) is 11.2. The highest BCUT2D eigenvalue weighted by Crippen LogP contribution is 2.32. The van der Waals surface area contributed by atoms with E-state index in [0.717, 1.165) is 19.6 Å². The lowest BCUT2D eigenvalue weighted by molar-refractivity contribution is 0.245. The van der Waals surface area contributed by atoms with Crippen LogP contribution in [0.15, 0.2) is 18.2 Å². The van der Waals surface area contributed by atoms with Crippen molar-refractivity contribution in [2.45, 2.75) is 31.8 Å². The molecule has 3 rings (SSSR count). The minimum absolute atomic E-state index is 0.0666. The molecule has 2 heterocycles. The lowest BCUT2D eigenvalue weighted by Crippen LogP contribution is -2.40. The number of benzene rings is 1. The van der Waals surface area contributed by atoms with Crippen molar-refractivity contribution in [1.82, 2.24) is 10.2 Å². The van der Waals surface area contributed by atoms with Crippen molar-refractivity contribution in [2.24, 2.45) is 5.92 Å². The fourth-order valence-electron chi connectivity index (χ4n) is 3.43. The van der Waals surface area contributed by atoms with E-state index < -0.39 is 0 Å². The van der Waals surface area contributed by atoms with Crippen LogP contribution in [0.4, 0.5) is 8.78 Å². The second-order valence-corrected chi connectivity index (χ2v) is 5.76. The fourth-order valence-corrected chi connectivity index (χ4v) is 3.43. The smallest absolute Gasteiger partial charge is 0.128 e. The maximum absolute atomic E-state index is 13.8. The first-order valence-corrected chi connectivity index (χ1v) is 7.07. The molecule has 0 aromatic heterocycles. The second kappa shape index (κ2) is 5.17. The molecule has 0 amide bonds. The molecule has 2 fully saturated rings. The van der Waals surface area contributed by atoms with Gasteiger partial charge >= 0.3 is 0 Å². The number of halogens is 2. The molecule has 104 valence electrons. The van der Waals surface area contributed by atoms with Gasteiger partial charge in [0.15, 0.2) is 0 Å². The first-order chi connectivity index (χ1) is 9.15. The number of nitrogens with zero attached hydrogens (tertiary/aromatic N) is 1. The minimum atomic E-state index is -0.363. The molecule has 0 saturated carbocycles. The van der Waals surface area contributed by atoms with Crippen LogP contribution in [0.1, 0.15) is 31.4 Å². The van der Waals surface area contributed by atoms with Crippen LogP contribution in [0.5, 0.6) is 0 Å². The highest BCUT2D eigenvalue weighted by atomic mass is 19.1. The van der Waals surface area contributed by atoms with E-state index in [1.165, 1.54) is 31.0 Å². The van der Waals surface area contributed by atoms with Gasteiger partial charge < -0.3 is 5.32 Å². The summed E-state index contributed by atoms with van der Waals surface area (Å²) in [5, 5.41) is 3.53. The quantitative estimate of drug-likeness (QED) is 0.885. The summed E-state index contributed by atoms with van der Waals surface area (Å²) in [5.74, 6) is -0.0115. The maximum Gasteiger partial charge on any atom is 0.128 e. The van der Waals surface area contributed by atoms with E-state index in [2.05, 4.69) is 10.2 Å². The molecule has 0 aliphatic carbocycles. The van der Waals surface area contributed by atoms with Crippen LogP contribution in [0.25, 0.3) is 0 Å². The molecule has 2 aliphatic rings. The van der Waals surface area contributed by atoms with Crippen LogP contribution in [0.3, 0.4) is 0 Å². The average Bonchev–Trinajstić information content (AvgIpc) is 2.84. The summed E-state index contributed by atoms with van der Waals surface area (Å²) >= 11 is 0. The van der Waals surface area contributed by atoms with Gasteiger partial charge in [-0.3, -0.25) is 4.90 Å². The summed E-state index contributed by atoms with van der Waals surface area (Å²) in [6, 6.07) is 4.19. The SMILES string of the molecule is CC(c1cc(F)ccc1F)N1CC2CCCNC2C1. The van der Waals surface area contributed by atoms with E-state index in [1.54, 1.807) is 0 Å². The largest absolute Gasteiger partial charge is 0.312 e. The van der Waals surface area contributed by atoms with Crippen LogP contribution in [0.2, 0.25) is 0 Å². The van der Waals surface area contributed by atoms with Gasteiger partial charge in [-0.1, -0.05) is 0 Å². The highest BCUT2D eigenvalue weighted by molar-refractivity contribution is 5.22. The Hall–Kier alpha value is -1.00. The molecule has 3 atom stereocenters. The molecule has 19 heavy (non-hydrogen) atoms. The van der Waals surface area contributed by atoms with Gasteiger partial charge in [0.2, 0.25) is 0 Å². The molecule has 2 aliphatic heterocycles. The van der Waals surface area contributed by atoms with Gasteiger partial charge in [-0.2, -0.15) is 0 Å². The summed E-state index contributed by atoms with van der Waals surface area (Å²) in [5.41, 5.74) is 0.471. The van der Waals surface area contributed by atoms with E-state index in [0.29, 0.717) is 17.5 Å². The lowest BCUT2D eigenvalue weighted by Gasteiger charge is -2.25. The van der Waals surface area contributed by atoms with Crippen molar-refractivity contribution in [1.29, 1.82) is 0 Å². The molecule has 1 aromatic rings. The predicted octanol–water partition coefficient (Wildman–Crippen LogP) is 2.71. The van der Waals surface area contributed by atoms with Crippen molar-refractivity contribution in [3.05, 3.63) is 35.4 Å². The Bertz CT molecular complexity index is 449. The van der Waals surface area contributed by atoms with E-state index in [9.17, 15) is 8.78 Å². The number of likely N-dealkylation sites (tertiary alicyclic amines) is 1. The van der Waals surface area contributed by atoms with Gasteiger partial charge in [-0.25, -0.2) is 8.78 Å². The van der Waals surface area contributed by atoms with Gasteiger partial charge in [-0.15, -0.1) is 0 Å². The van der Waals surface area contributed by atoms with Gasteiger partial charge in [0.25, 0.3) is 0 Å². The number of hydrogen-bond donors (Lipinski definition) is 1. The molecule has 0 bridgehead atoms. The Balaban J connectivity index is 1.77. The van der Waals surface area contributed by atoms with Crippen molar-refractivity contribution < 1.29 is 8.78 Å². The molecule has 2 saturated heterocycles. The Morgan fingerprint density at radius 3 is 2.95 bits per heavy atom. The van der Waals surface area contributed by atoms with Crippen molar-refractivity contribution >= 4 is 0 Å². The summed E-state index contributed by atoms with van der Waals surface area (Å²) in [7, 11) is 0. The standard InChI is InChI=1S/C15H20F2N2/c1-10(13-7-12(16)4-5-14(13)17)19-8-11-3-2-6-18-15(11)9-19/h4-5,7,10-11,15,18H,2-3,6,8-9H2,1H3. The predicted molar refractivity (Wildman–Crippen MR) is 70.9 cm³/mol. The summed E-state index contributed by atoms with van der Waals surface area (Å²) in [6.07, 6.45) is 2.46. The lowest BCUT2D eigenvalue weighted by atomic mass is 9.94. The normalized spacial score (nSPS) is 29.2. The first kappa shape index (κ1) is 13.0. The number of nitrogens with one attached hydrogen (secondary N) is 1. The molecule has 0 spiro atoms. The van der Waals surface area contributed by atoms with Crippen LogP contribution in [0, 0.1) is 17.6 Å². The van der Waals surface area contributed by atoms with Gasteiger partial charge in [0.05, 0.1) is 0 Å². The third kappa shape index (κ3) is 2.51. The van der Waals surface area contributed by atoms with Crippen molar-refractivity contribution in [3.63, 3.8) is 0 Å². The third-order valence-corrected chi connectivity index (χ3v) is 4.58. The average molecular weight is 266 g/mol. The Morgan fingerprint density at radius 2 is 2.16 bits per heavy atom. The summed E-state index contributed by atoms with van der Waals surface area (Å²) in [4.78, 5) is 2.27. The van der Waals surface area contributed by atoms with Gasteiger partial charge in [0, 0.05) is 30.7 Å². The zero-order valence-corrected chi connectivity index (χ0v) is 11.2. The highest BCUT2D eigenvalue weighted by Gasteiger charge is 2.36. The molecule has 0 radical (unpaired) electrons. The minimum Gasteiger partial charge on any atom is -0.312 e. The zero-order chi connectivity index (χ0) is 13.4. The van der Waals surface area contributed by atoms with Crippen LogP contribution in [-0.2, 0) is 0 Å². The van der Waals surface area contributed by atoms with E-state index in [-0.39, 0.29) is 17.7 Å². The first-order valence-electron chi connectivity index (χ1n) is 7.07. The van der Waals surface area contributed by atoms with Crippen LogP contribution < -0.4 is 5.32 Å². The molecular weight excluding hydrogens is 246 g/mol. The molecule has 4 heteroatoms. The fraction of sp³-hybridized carbons (Fsp3) is 0.600. The monoisotopic (exact) mass is 266 g/mol. The molecule has 3 unspecified atom stereocenters. The Labute approximate surface area is 112 Å². The van der Waals surface area contributed by atoms with Crippen molar-refractivity contribution in [2.75, 3.05) is 19.6 Å². The van der Waals surface area contributed by atoms with Gasteiger partial charge in [0.1, 0.15) is 11.6 Å². The number of piperidine rings is 1. The maximum atomic E-state index is 13.8. The van der Waals surface area contributed by atoms with Gasteiger partial charge in [-0.05, 0) is 50.4 Å². The summed E-state index contributed by atoms with van der Waals surface area (Å²) < 4.78 is 27.1. The number of fused-ring (bicyclic) bond motifs is 1. The van der Waals surface area contributed by atoms with Crippen LogP contribution >= 0.6 is 0 Å². The molecule has 1 aromatic carbocycles. The molecular formula is C15H20F2N2. The Morgan fingerprint density at radius 1 is 1.32 bits per heavy atom. The topological polar surface area (TPSA) is 15.3 Å². The van der Waals surface area contributed by atoms with Crippen LogP contribution in [-0.4, -0.2) is 30.6 Å². The molecule has 2 nitrogen and oxygen atoms in total. The summed E-state index contributed by atoms with van der Waals surface area (Å²) in [6.45, 7) is 4.96. The second-order valence-electron chi connectivity index (χ2n) is 5.76.